The molecule has 0 amide bonds. The van der Waals surface area contributed by atoms with Crippen molar-refractivity contribution in [1.82, 2.24) is 4.98 Å². The van der Waals surface area contributed by atoms with Gasteiger partial charge in [-0.05, 0) is 36.8 Å². The zero-order chi connectivity index (χ0) is 14.9. The van der Waals surface area contributed by atoms with E-state index in [-0.39, 0.29) is 15.7 Å². The molecule has 0 radical (unpaired) electrons. The smallest absolute Gasteiger partial charge is 0.262 e. The number of nitrogens with one attached hydrogen (secondary N) is 1. The summed E-state index contributed by atoms with van der Waals surface area (Å²) < 4.78 is 52.1. The van der Waals surface area contributed by atoms with Crippen LogP contribution in [0.2, 0.25) is 5.15 Å². The molecular formula is C12H9ClF2N2O2S. The van der Waals surface area contributed by atoms with Gasteiger partial charge in [-0.1, -0.05) is 11.6 Å². The van der Waals surface area contributed by atoms with E-state index in [9.17, 15) is 17.2 Å². The summed E-state index contributed by atoms with van der Waals surface area (Å²) in [5, 5.41) is 0.251. The molecule has 0 bridgehead atoms. The molecule has 0 saturated carbocycles. The van der Waals surface area contributed by atoms with Gasteiger partial charge in [0.05, 0.1) is 16.8 Å². The van der Waals surface area contributed by atoms with Gasteiger partial charge in [-0.15, -0.1) is 0 Å². The van der Waals surface area contributed by atoms with Crippen molar-refractivity contribution < 1.29 is 17.2 Å². The van der Waals surface area contributed by atoms with Gasteiger partial charge >= 0.3 is 0 Å². The van der Waals surface area contributed by atoms with E-state index < -0.39 is 21.7 Å². The molecule has 2 aromatic rings. The fourth-order valence-electron chi connectivity index (χ4n) is 1.47. The molecule has 1 aromatic heterocycles. The minimum absolute atomic E-state index is 0.177. The van der Waals surface area contributed by atoms with Crippen molar-refractivity contribution in [3.8, 4) is 0 Å². The van der Waals surface area contributed by atoms with Crippen LogP contribution in [0.4, 0.5) is 14.5 Å². The van der Waals surface area contributed by atoms with E-state index >= 15 is 0 Å². The SMILES string of the molecule is Cc1cc(NS(=O)(=O)c2ccc(F)c(F)c2)cnc1Cl. The monoisotopic (exact) mass is 318 g/mol. The summed E-state index contributed by atoms with van der Waals surface area (Å²) in [5.74, 6) is -2.36. The van der Waals surface area contributed by atoms with Gasteiger partial charge in [0.25, 0.3) is 10.0 Å². The number of anilines is 1. The average Bonchev–Trinajstić information content (AvgIpc) is 2.37. The van der Waals surface area contributed by atoms with Gasteiger partial charge < -0.3 is 0 Å². The Labute approximate surface area is 119 Å². The first-order chi connectivity index (χ1) is 9.29. The molecule has 0 atom stereocenters. The topological polar surface area (TPSA) is 59.1 Å². The Kier molecular flexibility index (Phi) is 3.92. The number of pyridine rings is 1. The van der Waals surface area contributed by atoms with Gasteiger partial charge in [0.2, 0.25) is 0 Å². The Morgan fingerprint density at radius 1 is 1.20 bits per heavy atom. The van der Waals surface area contributed by atoms with Gasteiger partial charge in [-0.25, -0.2) is 22.2 Å². The molecule has 0 unspecified atom stereocenters. The molecule has 0 aliphatic rings. The van der Waals surface area contributed by atoms with Crippen LogP contribution in [0.5, 0.6) is 0 Å². The zero-order valence-corrected chi connectivity index (χ0v) is 11.8. The number of sulfonamides is 1. The number of hydrogen-bond acceptors (Lipinski definition) is 3. The van der Waals surface area contributed by atoms with E-state index in [1.807, 2.05) is 0 Å². The van der Waals surface area contributed by atoms with E-state index in [0.29, 0.717) is 11.6 Å². The summed E-state index contributed by atoms with van der Waals surface area (Å²) >= 11 is 5.73. The normalized spacial score (nSPS) is 11.4. The first kappa shape index (κ1) is 14.7. The highest BCUT2D eigenvalue weighted by Crippen LogP contribution is 2.20. The van der Waals surface area contributed by atoms with Crippen molar-refractivity contribution in [1.29, 1.82) is 0 Å². The first-order valence-electron chi connectivity index (χ1n) is 5.39. The number of nitrogens with zero attached hydrogens (tertiary/aromatic N) is 1. The molecule has 1 aromatic carbocycles. The lowest BCUT2D eigenvalue weighted by atomic mass is 10.3. The maximum Gasteiger partial charge on any atom is 0.262 e. The second-order valence-electron chi connectivity index (χ2n) is 4.01. The van der Waals surface area contributed by atoms with Crippen LogP contribution in [0.1, 0.15) is 5.56 Å². The molecule has 1 N–H and O–H groups in total. The molecule has 8 heteroatoms. The number of hydrogen-bond donors (Lipinski definition) is 1. The molecular weight excluding hydrogens is 310 g/mol. The molecule has 4 nitrogen and oxygen atoms in total. The van der Waals surface area contributed by atoms with Crippen LogP contribution < -0.4 is 4.72 Å². The standard InChI is InChI=1S/C12H9ClF2N2O2S/c1-7-4-8(6-16-12(7)13)17-20(18,19)9-2-3-10(14)11(15)5-9/h2-6,17H,1H3. The van der Waals surface area contributed by atoms with Crippen LogP contribution in [-0.2, 0) is 10.0 Å². The zero-order valence-electron chi connectivity index (χ0n) is 10.2. The predicted octanol–water partition coefficient (Wildman–Crippen LogP) is 3.12. The molecule has 0 aliphatic carbocycles. The van der Waals surface area contributed by atoms with Gasteiger partial charge in [-0.2, -0.15) is 0 Å². The van der Waals surface area contributed by atoms with Crippen molar-refractivity contribution in [2.24, 2.45) is 0 Å². The minimum atomic E-state index is -4.02. The molecule has 106 valence electrons. The highest BCUT2D eigenvalue weighted by molar-refractivity contribution is 7.92. The Hall–Kier alpha value is -1.73. The third kappa shape index (κ3) is 3.05. The fraction of sp³-hybridized carbons (Fsp3) is 0.0833. The molecule has 0 spiro atoms. The summed E-state index contributed by atoms with van der Waals surface area (Å²) in [7, 11) is -4.02. The number of halogens is 3. The van der Waals surface area contributed by atoms with E-state index in [2.05, 4.69) is 9.71 Å². The molecule has 0 fully saturated rings. The molecule has 1 heterocycles. The number of rotatable bonds is 3. The Balaban J connectivity index is 2.35. The predicted molar refractivity (Wildman–Crippen MR) is 71.2 cm³/mol. The van der Waals surface area contributed by atoms with Crippen LogP contribution in [-0.4, -0.2) is 13.4 Å². The molecule has 20 heavy (non-hydrogen) atoms. The van der Waals surface area contributed by atoms with Gasteiger partial charge in [0.15, 0.2) is 11.6 Å². The van der Waals surface area contributed by atoms with Crippen LogP contribution in [0.15, 0.2) is 35.4 Å². The third-order valence-corrected chi connectivity index (χ3v) is 4.24. The lowest BCUT2D eigenvalue weighted by molar-refractivity contribution is 0.504. The quantitative estimate of drug-likeness (QED) is 0.885. The van der Waals surface area contributed by atoms with Crippen molar-refractivity contribution in [2.45, 2.75) is 11.8 Å². The van der Waals surface area contributed by atoms with Crippen LogP contribution in [0.25, 0.3) is 0 Å². The van der Waals surface area contributed by atoms with Crippen molar-refractivity contribution >= 4 is 27.3 Å². The summed E-state index contributed by atoms with van der Waals surface area (Å²) in [6.45, 7) is 1.66. The third-order valence-electron chi connectivity index (χ3n) is 2.47. The molecule has 0 saturated heterocycles. The van der Waals surface area contributed by atoms with E-state index in [1.165, 1.54) is 12.3 Å². The molecule has 2 rings (SSSR count). The summed E-state index contributed by atoms with van der Waals surface area (Å²) in [5.41, 5.74) is 0.758. The Morgan fingerprint density at radius 2 is 1.90 bits per heavy atom. The number of benzene rings is 1. The Bertz CT molecular complexity index is 766. The highest BCUT2D eigenvalue weighted by Gasteiger charge is 2.17. The second kappa shape index (κ2) is 5.34. The summed E-state index contributed by atoms with van der Waals surface area (Å²) in [6.07, 6.45) is 1.23. The average molecular weight is 319 g/mol. The maximum atomic E-state index is 13.1. The van der Waals surface area contributed by atoms with Crippen molar-refractivity contribution in [3.63, 3.8) is 0 Å². The summed E-state index contributed by atoms with van der Waals surface area (Å²) in [6, 6.07) is 3.80. The maximum absolute atomic E-state index is 13.1. The van der Waals surface area contributed by atoms with Gasteiger partial charge in [0.1, 0.15) is 5.15 Å². The lowest BCUT2D eigenvalue weighted by Crippen LogP contribution is -2.13. The van der Waals surface area contributed by atoms with Gasteiger partial charge in [0, 0.05) is 0 Å². The molecule has 0 aliphatic heterocycles. The first-order valence-corrected chi connectivity index (χ1v) is 7.26. The van der Waals surface area contributed by atoms with Gasteiger partial charge in [-0.3, -0.25) is 4.72 Å². The van der Waals surface area contributed by atoms with Crippen molar-refractivity contribution in [3.05, 3.63) is 52.8 Å². The van der Waals surface area contributed by atoms with Crippen molar-refractivity contribution in [2.75, 3.05) is 4.72 Å². The minimum Gasteiger partial charge on any atom is -0.278 e. The number of aryl methyl sites for hydroxylation is 1. The Morgan fingerprint density at radius 3 is 2.50 bits per heavy atom. The fourth-order valence-corrected chi connectivity index (χ4v) is 2.62. The van der Waals surface area contributed by atoms with E-state index in [0.717, 1.165) is 12.1 Å². The highest BCUT2D eigenvalue weighted by atomic mass is 35.5. The lowest BCUT2D eigenvalue weighted by Gasteiger charge is -2.09. The van der Waals surface area contributed by atoms with E-state index in [1.54, 1.807) is 6.92 Å². The summed E-state index contributed by atoms with van der Waals surface area (Å²) in [4.78, 5) is 3.41. The van der Waals surface area contributed by atoms with E-state index in [4.69, 9.17) is 11.6 Å². The number of aromatic nitrogens is 1. The van der Waals surface area contributed by atoms with Crippen LogP contribution in [0, 0.1) is 18.6 Å². The van der Waals surface area contributed by atoms with Crippen LogP contribution >= 0.6 is 11.6 Å². The van der Waals surface area contributed by atoms with Crippen LogP contribution in [0.3, 0.4) is 0 Å². The largest absolute Gasteiger partial charge is 0.278 e. The second-order valence-corrected chi connectivity index (χ2v) is 6.05.